The first-order valence-electron chi connectivity index (χ1n) is 9.03. The molecule has 156 valence electrons. The van der Waals surface area contributed by atoms with Crippen LogP contribution in [0.1, 0.15) is 15.9 Å². The Morgan fingerprint density at radius 3 is 2.37 bits per heavy atom. The second-order valence-corrected chi connectivity index (χ2v) is 9.01. The van der Waals surface area contributed by atoms with E-state index in [0.29, 0.717) is 17.1 Å². The van der Waals surface area contributed by atoms with Crippen LogP contribution in [0.5, 0.6) is 5.75 Å². The molecule has 0 unspecified atom stereocenters. The Morgan fingerprint density at radius 2 is 1.73 bits per heavy atom. The number of sulfonamides is 1. The normalized spacial score (nSPS) is 11.1. The molecule has 0 aromatic heterocycles. The Balaban J connectivity index is 1.91. The summed E-state index contributed by atoms with van der Waals surface area (Å²) < 4.78 is 32.4. The van der Waals surface area contributed by atoms with E-state index in [4.69, 9.17) is 16.3 Å². The third-order valence-corrected chi connectivity index (χ3v) is 6.66. The van der Waals surface area contributed by atoms with Gasteiger partial charge < -0.3 is 10.1 Å². The number of carbonyl (C=O) groups excluding carboxylic acids is 1. The number of carbonyl (C=O) groups is 1. The van der Waals surface area contributed by atoms with Crippen molar-refractivity contribution in [2.45, 2.75) is 11.8 Å². The quantitative estimate of drug-likeness (QED) is 0.596. The fraction of sp³-hybridized carbons (Fsp3) is 0.136. The minimum absolute atomic E-state index is 0.0420. The van der Waals surface area contributed by atoms with E-state index in [2.05, 4.69) is 5.32 Å². The van der Waals surface area contributed by atoms with Crippen molar-refractivity contribution in [3.63, 3.8) is 0 Å². The van der Waals surface area contributed by atoms with Gasteiger partial charge in [0.25, 0.3) is 15.9 Å². The molecule has 0 heterocycles. The molecule has 0 aliphatic rings. The number of anilines is 2. The van der Waals surface area contributed by atoms with Gasteiger partial charge in [-0.25, -0.2) is 8.42 Å². The number of methoxy groups -OCH3 is 1. The number of hydrogen-bond donors (Lipinski definition) is 1. The Morgan fingerprint density at radius 1 is 1.03 bits per heavy atom. The van der Waals surface area contributed by atoms with E-state index in [-0.39, 0.29) is 15.5 Å². The Hall–Kier alpha value is -3.03. The molecule has 3 aromatic rings. The van der Waals surface area contributed by atoms with Gasteiger partial charge in [-0.2, -0.15) is 0 Å². The molecule has 0 saturated carbocycles. The molecule has 0 radical (unpaired) electrons. The summed E-state index contributed by atoms with van der Waals surface area (Å²) in [5.41, 5.74) is 2.11. The van der Waals surface area contributed by atoms with E-state index in [0.717, 1.165) is 9.87 Å². The summed E-state index contributed by atoms with van der Waals surface area (Å²) in [5.74, 6) is 0.126. The summed E-state index contributed by atoms with van der Waals surface area (Å²) in [7, 11) is -0.933. The SMILES string of the molecule is COc1ccc(N(C)S(=O)(=O)c2ccc(Cl)c(C(=O)Nc3cccc(C)c3)c2)cc1. The van der Waals surface area contributed by atoms with Crippen LogP contribution in [0.25, 0.3) is 0 Å². The van der Waals surface area contributed by atoms with Crippen LogP contribution in [0.3, 0.4) is 0 Å². The topological polar surface area (TPSA) is 75.7 Å². The fourth-order valence-electron chi connectivity index (χ4n) is 2.85. The van der Waals surface area contributed by atoms with E-state index in [1.807, 2.05) is 25.1 Å². The summed E-state index contributed by atoms with van der Waals surface area (Å²) in [5, 5.41) is 2.90. The summed E-state index contributed by atoms with van der Waals surface area (Å²) in [6, 6.07) is 18.0. The highest BCUT2D eigenvalue weighted by Crippen LogP contribution is 2.27. The number of hydrogen-bond acceptors (Lipinski definition) is 4. The van der Waals surface area contributed by atoms with Gasteiger partial charge in [-0.05, 0) is 67.1 Å². The van der Waals surface area contributed by atoms with Crippen molar-refractivity contribution in [2.75, 3.05) is 23.8 Å². The molecule has 1 N–H and O–H groups in total. The largest absolute Gasteiger partial charge is 0.497 e. The molecule has 0 bridgehead atoms. The van der Waals surface area contributed by atoms with E-state index < -0.39 is 15.9 Å². The molecule has 0 aliphatic heterocycles. The number of nitrogens with one attached hydrogen (secondary N) is 1. The van der Waals surface area contributed by atoms with Crippen LogP contribution in [-0.2, 0) is 10.0 Å². The van der Waals surface area contributed by atoms with Gasteiger partial charge in [0.05, 0.1) is 28.3 Å². The van der Waals surface area contributed by atoms with Crippen LogP contribution in [-0.4, -0.2) is 28.5 Å². The number of halogens is 1. The van der Waals surface area contributed by atoms with Crippen molar-refractivity contribution in [3.8, 4) is 5.75 Å². The summed E-state index contributed by atoms with van der Waals surface area (Å²) >= 11 is 6.19. The summed E-state index contributed by atoms with van der Waals surface area (Å²) in [6.07, 6.45) is 0. The molecule has 3 aromatic carbocycles. The maximum atomic E-state index is 13.1. The van der Waals surface area contributed by atoms with Crippen LogP contribution >= 0.6 is 11.6 Å². The average molecular weight is 445 g/mol. The Bertz CT molecular complexity index is 1180. The van der Waals surface area contributed by atoms with E-state index in [1.54, 1.807) is 30.3 Å². The van der Waals surface area contributed by atoms with Crippen LogP contribution in [0, 0.1) is 6.92 Å². The molecule has 0 fully saturated rings. The van der Waals surface area contributed by atoms with Gasteiger partial charge in [-0.15, -0.1) is 0 Å². The zero-order chi connectivity index (χ0) is 21.9. The summed E-state index contributed by atoms with van der Waals surface area (Å²) in [4.78, 5) is 12.7. The third kappa shape index (κ3) is 4.58. The lowest BCUT2D eigenvalue weighted by Crippen LogP contribution is -2.27. The molecular formula is C22H21ClN2O4S. The van der Waals surface area contributed by atoms with Crippen LogP contribution in [0.15, 0.2) is 71.6 Å². The standard InChI is InChI=1S/C22H21ClN2O4S/c1-15-5-4-6-16(13-15)24-22(26)20-14-19(11-12-21(20)23)30(27,28)25(2)17-7-9-18(29-3)10-8-17/h4-14H,1-3H3,(H,24,26). The molecule has 0 spiro atoms. The minimum atomic E-state index is -3.91. The highest BCUT2D eigenvalue weighted by molar-refractivity contribution is 7.92. The van der Waals surface area contributed by atoms with E-state index in [1.165, 1.54) is 32.4 Å². The van der Waals surface area contributed by atoms with Crippen molar-refractivity contribution >= 4 is 38.9 Å². The van der Waals surface area contributed by atoms with Crippen molar-refractivity contribution in [2.24, 2.45) is 0 Å². The first kappa shape index (κ1) is 21.7. The Labute approximate surface area is 181 Å². The third-order valence-electron chi connectivity index (χ3n) is 4.55. The lowest BCUT2D eigenvalue weighted by atomic mass is 10.2. The molecule has 0 aliphatic carbocycles. The minimum Gasteiger partial charge on any atom is -0.497 e. The van der Waals surface area contributed by atoms with Crippen molar-refractivity contribution in [3.05, 3.63) is 82.9 Å². The molecule has 30 heavy (non-hydrogen) atoms. The van der Waals surface area contributed by atoms with Gasteiger partial charge in [0.15, 0.2) is 0 Å². The van der Waals surface area contributed by atoms with Gasteiger partial charge in [0.1, 0.15) is 5.75 Å². The number of ether oxygens (including phenoxy) is 1. The maximum Gasteiger partial charge on any atom is 0.264 e. The van der Waals surface area contributed by atoms with Gasteiger partial charge in [0, 0.05) is 12.7 Å². The molecule has 0 saturated heterocycles. The molecule has 8 heteroatoms. The zero-order valence-electron chi connectivity index (χ0n) is 16.7. The molecule has 1 amide bonds. The lowest BCUT2D eigenvalue weighted by molar-refractivity contribution is 0.102. The van der Waals surface area contributed by atoms with Gasteiger partial charge >= 0.3 is 0 Å². The predicted molar refractivity (Wildman–Crippen MR) is 119 cm³/mol. The van der Waals surface area contributed by atoms with E-state index in [9.17, 15) is 13.2 Å². The first-order valence-corrected chi connectivity index (χ1v) is 10.8. The summed E-state index contributed by atoms with van der Waals surface area (Å²) in [6.45, 7) is 1.91. The van der Waals surface area contributed by atoms with Crippen LogP contribution < -0.4 is 14.4 Å². The monoisotopic (exact) mass is 444 g/mol. The van der Waals surface area contributed by atoms with Gasteiger partial charge in [-0.1, -0.05) is 23.7 Å². The fourth-order valence-corrected chi connectivity index (χ4v) is 4.27. The van der Waals surface area contributed by atoms with E-state index >= 15 is 0 Å². The number of aryl methyl sites for hydroxylation is 1. The second-order valence-electron chi connectivity index (χ2n) is 6.64. The average Bonchev–Trinajstić information content (AvgIpc) is 2.73. The van der Waals surface area contributed by atoms with Crippen molar-refractivity contribution in [1.82, 2.24) is 0 Å². The molecule has 6 nitrogen and oxygen atoms in total. The molecule has 0 atom stereocenters. The highest BCUT2D eigenvalue weighted by atomic mass is 35.5. The lowest BCUT2D eigenvalue weighted by Gasteiger charge is -2.20. The first-order chi connectivity index (χ1) is 14.2. The zero-order valence-corrected chi connectivity index (χ0v) is 18.3. The molecular weight excluding hydrogens is 424 g/mol. The Kier molecular flexibility index (Phi) is 6.34. The number of benzene rings is 3. The number of nitrogens with zero attached hydrogens (tertiary/aromatic N) is 1. The number of rotatable bonds is 6. The van der Waals surface area contributed by atoms with Crippen LogP contribution in [0.4, 0.5) is 11.4 Å². The highest BCUT2D eigenvalue weighted by Gasteiger charge is 2.24. The van der Waals surface area contributed by atoms with Gasteiger partial charge in [-0.3, -0.25) is 9.10 Å². The van der Waals surface area contributed by atoms with Crippen molar-refractivity contribution < 1.29 is 17.9 Å². The number of amides is 1. The smallest absolute Gasteiger partial charge is 0.264 e. The van der Waals surface area contributed by atoms with Gasteiger partial charge in [0.2, 0.25) is 0 Å². The maximum absolute atomic E-state index is 13.1. The van der Waals surface area contributed by atoms with Crippen molar-refractivity contribution in [1.29, 1.82) is 0 Å². The second kappa shape index (κ2) is 8.77. The molecule has 3 rings (SSSR count). The van der Waals surface area contributed by atoms with Crippen LogP contribution in [0.2, 0.25) is 5.02 Å². The predicted octanol–water partition coefficient (Wildman–Crippen LogP) is 4.73.